The fourth-order valence-corrected chi connectivity index (χ4v) is 2.01. The number of benzene rings is 1. The molecular formula is C15H21ClN4O2. The second-order valence-corrected chi connectivity index (χ2v) is 4.96. The van der Waals surface area contributed by atoms with Crippen LogP contribution in [-0.2, 0) is 18.4 Å². The highest BCUT2D eigenvalue weighted by molar-refractivity contribution is 5.90. The zero-order chi connectivity index (χ0) is 15.2. The maximum atomic E-state index is 11.2. The fourth-order valence-electron chi connectivity index (χ4n) is 2.01. The Morgan fingerprint density at radius 3 is 2.86 bits per heavy atom. The number of hydrogen-bond acceptors (Lipinski definition) is 3. The first-order valence-corrected chi connectivity index (χ1v) is 6.85. The van der Waals surface area contributed by atoms with Gasteiger partial charge < -0.3 is 28.2 Å². The topological polar surface area (TPSA) is 73.2 Å². The van der Waals surface area contributed by atoms with E-state index >= 15 is 0 Å². The molecule has 2 aromatic rings. The number of anilines is 2. The van der Waals surface area contributed by atoms with E-state index < -0.39 is 0 Å². The molecule has 1 heterocycles. The predicted molar refractivity (Wildman–Crippen MR) is 80.9 cm³/mol. The van der Waals surface area contributed by atoms with Crippen LogP contribution in [-0.4, -0.2) is 17.1 Å². The van der Waals surface area contributed by atoms with Crippen LogP contribution in [0, 0.1) is 0 Å². The van der Waals surface area contributed by atoms with E-state index in [9.17, 15) is 4.79 Å². The second kappa shape index (κ2) is 8.29. The summed E-state index contributed by atoms with van der Waals surface area (Å²) in [6.07, 6.45) is 6.89. The van der Waals surface area contributed by atoms with Crippen molar-refractivity contribution < 1.29 is 26.5 Å². The zero-order valence-electron chi connectivity index (χ0n) is 12.8. The molecule has 0 bridgehead atoms. The Morgan fingerprint density at radius 1 is 1.45 bits per heavy atom. The summed E-state index contributed by atoms with van der Waals surface area (Å²) in [5.74, 6) is 0.465. The zero-order valence-corrected chi connectivity index (χ0v) is 13.5. The highest BCUT2D eigenvalue weighted by atomic mass is 35.5. The lowest BCUT2D eigenvalue weighted by molar-refractivity contribution is -0.671. The molecule has 1 amide bonds. The summed E-state index contributed by atoms with van der Waals surface area (Å²) in [5, 5.41) is 2.73. The van der Waals surface area contributed by atoms with Gasteiger partial charge in [0, 0.05) is 25.1 Å². The number of imidazole rings is 1. The lowest BCUT2D eigenvalue weighted by atomic mass is 10.2. The summed E-state index contributed by atoms with van der Waals surface area (Å²) in [6.45, 7) is 2.89. The Bertz CT molecular complexity index is 628. The minimum atomic E-state index is -0.135. The van der Waals surface area contributed by atoms with Gasteiger partial charge in [-0.05, 0) is 12.1 Å². The van der Waals surface area contributed by atoms with E-state index in [0.717, 1.165) is 13.0 Å². The Balaban J connectivity index is 0.00000242. The molecule has 22 heavy (non-hydrogen) atoms. The Morgan fingerprint density at radius 2 is 2.23 bits per heavy atom. The van der Waals surface area contributed by atoms with Crippen LogP contribution in [0.2, 0.25) is 0 Å². The third kappa shape index (κ3) is 5.29. The van der Waals surface area contributed by atoms with Crippen molar-refractivity contribution in [3.05, 3.63) is 36.9 Å². The first-order valence-electron chi connectivity index (χ1n) is 6.85. The minimum Gasteiger partial charge on any atom is -1.00 e. The van der Waals surface area contributed by atoms with Gasteiger partial charge in [0.2, 0.25) is 12.2 Å². The predicted octanol–water partition coefficient (Wildman–Crippen LogP) is -1.67. The fraction of sp³-hybridized carbons (Fsp3) is 0.333. The Labute approximate surface area is 136 Å². The van der Waals surface area contributed by atoms with Crippen LogP contribution in [0.15, 0.2) is 36.9 Å². The monoisotopic (exact) mass is 324 g/mol. The summed E-state index contributed by atoms with van der Waals surface area (Å²) >= 11 is 0. The number of halogens is 1. The molecule has 0 saturated heterocycles. The van der Waals surface area contributed by atoms with Gasteiger partial charge in [-0.15, -0.1) is 0 Å². The molecule has 7 heteroatoms. The van der Waals surface area contributed by atoms with Crippen LogP contribution >= 0.6 is 0 Å². The van der Waals surface area contributed by atoms with E-state index in [1.807, 2.05) is 30.3 Å². The van der Waals surface area contributed by atoms with E-state index in [1.54, 1.807) is 18.2 Å². The normalized spacial score (nSPS) is 9.91. The number of amides is 1. The second-order valence-electron chi connectivity index (χ2n) is 4.96. The summed E-state index contributed by atoms with van der Waals surface area (Å²) in [4.78, 5) is 11.2. The molecule has 2 rings (SSSR count). The Kier molecular flexibility index (Phi) is 6.72. The molecule has 0 aliphatic carbocycles. The van der Waals surface area contributed by atoms with Crippen molar-refractivity contribution in [2.45, 2.75) is 19.9 Å². The third-order valence-electron chi connectivity index (χ3n) is 2.96. The first kappa shape index (κ1) is 17.8. The number of aryl methyl sites for hydroxylation is 2. The summed E-state index contributed by atoms with van der Waals surface area (Å²) in [7, 11) is 1.99. The molecule has 0 spiro atoms. The number of nitrogens with zero attached hydrogens (tertiary/aromatic N) is 2. The van der Waals surface area contributed by atoms with E-state index in [2.05, 4.69) is 9.88 Å². The lowest BCUT2D eigenvalue weighted by Crippen LogP contribution is -3.00. The van der Waals surface area contributed by atoms with Crippen LogP contribution < -0.4 is 32.8 Å². The molecule has 1 aromatic carbocycles. The number of aromatic nitrogens is 2. The van der Waals surface area contributed by atoms with Gasteiger partial charge in [0.25, 0.3) is 0 Å². The van der Waals surface area contributed by atoms with Crippen LogP contribution in [0.5, 0.6) is 5.75 Å². The number of hydrogen-bond donors (Lipinski definition) is 2. The molecule has 0 atom stereocenters. The highest BCUT2D eigenvalue weighted by Crippen LogP contribution is 2.27. The van der Waals surface area contributed by atoms with Gasteiger partial charge in [0.1, 0.15) is 18.1 Å². The van der Waals surface area contributed by atoms with E-state index in [-0.39, 0.29) is 18.3 Å². The largest absolute Gasteiger partial charge is 1.00 e. The molecule has 120 valence electrons. The standard InChI is InChI=1S/C15H20N4O2.ClH/c1-12(20)17-14-5-4-13(16)10-15(14)21-9-3-6-19-8-7-18(2)11-19;/h4-5,7-8,10-11H,3,6,9,16H2,1-2H3;1H. The molecule has 0 aliphatic rings. The molecule has 0 aliphatic heterocycles. The minimum absolute atomic E-state index is 0. The van der Waals surface area contributed by atoms with Gasteiger partial charge in [-0.3, -0.25) is 4.79 Å². The summed E-state index contributed by atoms with van der Waals surface area (Å²) in [5.41, 5.74) is 7.01. The van der Waals surface area contributed by atoms with Gasteiger partial charge in [0.15, 0.2) is 0 Å². The number of carbonyl (C=O) groups excluding carboxylic acids is 1. The maximum absolute atomic E-state index is 11.2. The van der Waals surface area contributed by atoms with Crippen LogP contribution in [0.25, 0.3) is 0 Å². The maximum Gasteiger partial charge on any atom is 0.243 e. The lowest BCUT2D eigenvalue weighted by Gasteiger charge is -2.12. The van der Waals surface area contributed by atoms with Gasteiger partial charge in [-0.1, -0.05) is 0 Å². The highest BCUT2D eigenvalue weighted by Gasteiger charge is 2.06. The molecule has 6 nitrogen and oxygen atoms in total. The number of nitrogens with two attached hydrogens (primary N) is 1. The molecule has 0 unspecified atom stereocenters. The third-order valence-corrected chi connectivity index (χ3v) is 2.96. The smallest absolute Gasteiger partial charge is 0.243 e. The van der Waals surface area contributed by atoms with Crippen molar-refractivity contribution >= 4 is 17.3 Å². The van der Waals surface area contributed by atoms with E-state index in [1.165, 1.54) is 6.92 Å². The van der Waals surface area contributed by atoms with Crippen LogP contribution in [0.1, 0.15) is 13.3 Å². The van der Waals surface area contributed by atoms with Crippen molar-refractivity contribution in [2.75, 3.05) is 17.7 Å². The molecule has 0 radical (unpaired) electrons. The van der Waals surface area contributed by atoms with E-state index in [4.69, 9.17) is 10.5 Å². The van der Waals surface area contributed by atoms with Gasteiger partial charge >= 0.3 is 0 Å². The average Bonchev–Trinajstić information content (AvgIpc) is 2.83. The molecule has 3 N–H and O–H groups in total. The molecule has 0 saturated carbocycles. The number of carbonyl (C=O) groups is 1. The van der Waals surface area contributed by atoms with Crippen LogP contribution in [0.4, 0.5) is 11.4 Å². The molecule has 1 aromatic heterocycles. The van der Waals surface area contributed by atoms with Crippen LogP contribution in [0.3, 0.4) is 0 Å². The summed E-state index contributed by atoms with van der Waals surface area (Å²) in [6, 6.07) is 5.21. The number of nitrogen functional groups attached to an aromatic ring is 1. The number of ether oxygens (including phenoxy) is 1. The first-order chi connectivity index (χ1) is 10.0. The van der Waals surface area contributed by atoms with Gasteiger partial charge in [-0.25, -0.2) is 9.13 Å². The average molecular weight is 325 g/mol. The van der Waals surface area contributed by atoms with E-state index in [0.29, 0.717) is 23.7 Å². The number of nitrogens with one attached hydrogen (secondary N) is 1. The summed E-state index contributed by atoms with van der Waals surface area (Å²) < 4.78 is 9.82. The van der Waals surface area contributed by atoms with Crippen molar-refractivity contribution in [3.8, 4) is 5.75 Å². The SMILES string of the molecule is CC(=O)Nc1ccc(N)cc1OCCCn1cc[n+](C)c1.[Cl-]. The van der Waals surface area contributed by atoms with Crippen molar-refractivity contribution in [2.24, 2.45) is 7.05 Å². The Hall–Kier alpha value is -2.21. The molecule has 0 fully saturated rings. The van der Waals surface area contributed by atoms with Gasteiger partial charge in [0.05, 0.1) is 25.9 Å². The quantitative estimate of drug-likeness (QED) is 0.379. The van der Waals surface area contributed by atoms with Crippen molar-refractivity contribution in [3.63, 3.8) is 0 Å². The van der Waals surface area contributed by atoms with Gasteiger partial charge in [-0.2, -0.15) is 0 Å². The van der Waals surface area contributed by atoms with Crippen molar-refractivity contribution in [1.82, 2.24) is 4.57 Å². The molecular weight excluding hydrogens is 304 g/mol. The number of rotatable bonds is 6. The van der Waals surface area contributed by atoms with Crippen molar-refractivity contribution in [1.29, 1.82) is 0 Å².